The van der Waals surface area contributed by atoms with Crippen LogP contribution in [0, 0.1) is 0 Å². The SMILES string of the molecule is COCCNC(=O)c1cc(NS(=O)(=O)c2cc(OC)ccc2OC)ccc1N1CCNCC1.O=C(O)C(F)(F)F. The minimum absolute atomic E-state index is 0.0679. The van der Waals surface area contributed by atoms with Gasteiger partial charge < -0.3 is 34.9 Å². The molecular formula is C24H31F3N4O8S. The van der Waals surface area contributed by atoms with Crippen LogP contribution in [-0.4, -0.2) is 92.2 Å². The van der Waals surface area contributed by atoms with Crippen LogP contribution in [0.25, 0.3) is 0 Å². The fraction of sp³-hybridized carbons (Fsp3) is 0.417. The Morgan fingerprint density at radius 1 is 1.05 bits per heavy atom. The van der Waals surface area contributed by atoms with Crippen molar-refractivity contribution in [3.8, 4) is 11.5 Å². The second kappa shape index (κ2) is 14.6. The Morgan fingerprint density at radius 2 is 1.70 bits per heavy atom. The highest BCUT2D eigenvalue weighted by molar-refractivity contribution is 7.92. The number of carbonyl (C=O) groups excluding carboxylic acids is 1. The Balaban J connectivity index is 0.000000708. The zero-order valence-corrected chi connectivity index (χ0v) is 22.8. The molecule has 0 saturated carbocycles. The summed E-state index contributed by atoms with van der Waals surface area (Å²) in [6.07, 6.45) is -5.08. The fourth-order valence-corrected chi connectivity index (χ4v) is 4.76. The standard InChI is InChI=1S/C22H30N4O6S.C2HF3O2/c1-30-13-10-24-22(27)18-14-16(4-6-19(18)26-11-8-23-9-12-26)25-33(28,29)21-15-17(31-2)5-7-20(21)32-3;3-2(4,5)1(6)7/h4-7,14-15,23,25H,8-13H2,1-3H3,(H,24,27);(H,6,7). The number of carboxylic acid groups (broad SMARTS) is 1. The summed E-state index contributed by atoms with van der Waals surface area (Å²) in [6.45, 7) is 3.79. The van der Waals surface area contributed by atoms with Gasteiger partial charge in [-0.25, -0.2) is 13.2 Å². The van der Waals surface area contributed by atoms with Gasteiger partial charge >= 0.3 is 12.1 Å². The lowest BCUT2D eigenvalue weighted by atomic mass is 10.1. The highest BCUT2D eigenvalue weighted by Crippen LogP contribution is 2.31. The largest absolute Gasteiger partial charge is 0.497 e. The third-order valence-corrected chi connectivity index (χ3v) is 6.85. The van der Waals surface area contributed by atoms with Gasteiger partial charge in [-0.15, -0.1) is 0 Å². The summed E-state index contributed by atoms with van der Waals surface area (Å²) in [4.78, 5) is 23.9. The number of methoxy groups -OCH3 is 3. The number of sulfonamides is 1. The molecule has 16 heteroatoms. The quantitative estimate of drug-likeness (QED) is 0.301. The molecule has 1 aliphatic heterocycles. The van der Waals surface area contributed by atoms with E-state index in [2.05, 4.69) is 20.3 Å². The molecule has 4 N–H and O–H groups in total. The number of piperazine rings is 1. The van der Waals surface area contributed by atoms with Gasteiger partial charge in [0.05, 0.1) is 26.4 Å². The van der Waals surface area contributed by atoms with Gasteiger partial charge in [-0.05, 0) is 30.3 Å². The van der Waals surface area contributed by atoms with E-state index in [1.54, 1.807) is 31.4 Å². The first kappa shape index (κ1) is 32.5. The first-order valence-electron chi connectivity index (χ1n) is 11.8. The van der Waals surface area contributed by atoms with Crippen LogP contribution in [-0.2, 0) is 19.6 Å². The predicted octanol–water partition coefficient (Wildman–Crippen LogP) is 1.92. The number of carbonyl (C=O) groups is 2. The van der Waals surface area contributed by atoms with Crippen molar-refractivity contribution in [2.45, 2.75) is 11.1 Å². The molecule has 0 aromatic heterocycles. The molecule has 1 amide bonds. The zero-order chi connectivity index (χ0) is 29.9. The number of amides is 1. The predicted molar refractivity (Wildman–Crippen MR) is 140 cm³/mol. The van der Waals surface area contributed by atoms with Crippen LogP contribution in [0.4, 0.5) is 24.5 Å². The number of ether oxygens (including phenoxy) is 3. The molecule has 1 fully saturated rings. The van der Waals surface area contributed by atoms with Crippen molar-refractivity contribution < 1.29 is 50.5 Å². The first-order valence-corrected chi connectivity index (χ1v) is 13.2. The maximum Gasteiger partial charge on any atom is 0.490 e. The third-order valence-electron chi connectivity index (χ3n) is 5.45. The number of alkyl halides is 3. The first-order chi connectivity index (χ1) is 18.8. The van der Waals surface area contributed by atoms with Crippen molar-refractivity contribution in [2.24, 2.45) is 0 Å². The van der Waals surface area contributed by atoms with E-state index < -0.39 is 22.2 Å². The lowest BCUT2D eigenvalue weighted by Crippen LogP contribution is -2.44. The molecule has 40 heavy (non-hydrogen) atoms. The number of hydrogen-bond acceptors (Lipinski definition) is 9. The van der Waals surface area contributed by atoms with Crippen molar-refractivity contribution in [3.63, 3.8) is 0 Å². The highest BCUT2D eigenvalue weighted by atomic mass is 32.2. The van der Waals surface area contributed by atoms with E-state index >= 15 is 0 Å². The highest BCUT2D eigenvalue weighted by Gasteiger charge is 2.38. The number of nitrogens with zero attached hydrogens (tertiary/aromatic N) is 1. The van der Waals surface area contributed by atoms with Crippen molar-refractivity contribution in [2.75, 3.05) is 70.3 Å². The Morgan fingerprint density at radius 3 is 2.25 bits per heavy atom. The summed E-state index contributed by atoms with van der Waals surface area (Å²) in [6, 6.07) is 9.47. The van der Waals surface area contributed by atoms with Gasteiger partial charge in [-0.2, -0.15) is 13.2 Å². The fourth-order valence-electron chi connectivity index (χ4n) is 3.53. The number of hydrogen-bond donors (Lipinski definition) is 4. The summed E-state index contributed by atoms with van der Waals surface area (Å²) in [5, 5.41) is 13.2. The van der Waals surface area contributed by atoms with E-state index in [9.17, 15) is 26.4 Å². The summed E-state index contributed by atoms with van der Waals surface area (Å²) in [5.41, 5.74) is 1.38. The van der Waals surface area contributed by atoms with Crippen LogP contribution in [0.15, 0.2) is 41.3 Å². The average Bonchev–Trinajstić information content (AvgIpc) is 2.92. The Labute approximate surface area is 229 Å². The van der Waals surface area contributed by atoms with Gasteiger partial charge in [-0.3, -0.25) is 9.52 Å². The van der Waals surface area contributed by atoms with E-state index in [1.165, 1.54) is 26.4 Å². The number of carboxylic acids is 1. The zero-order valence-electron chi connectivity index (χ0n) is 22.0. The molecule has 1 heterocycles. The topological polar surface area (TPSA) is 156 Å². The van der Waals surface area contributed by atoms with Gasteiger partial charge in [0, 0.05) is 57.3 Å². The van der Waals surface area contributed by atoms with E-state index in [0.29, 0.717) is 24.5 Å². The number of anilines is 2. The smallest absolute Gasteiger partial charge is 0.490 e. The van der Waals surface area contributed by atoms with E-state index in [1.807, 2.05) is 0 Å². The normalized spacial score (nSPS) is 13.5. The summed E-state index contributed by atoms with van der Waals surface area (Å²) in [5.74, 6) is -2.50. The van der Waals surface area contributed by atoms with Crippen molar-refractivity contribution in [3.05, 3.63) is 42.0 Å². The van der Waals surface area contributed by atoms with Gasteiger partial charge in [0.25, 0.3) is 15.9 Å². The van der Waals surface area contributed by atoms with E-state index in [-0.39, 0.29) is 22.2 Å². The molecule has 2 aromatic rings. The van der Waals surface area contributed by atoms with Gasteiger partial charge in [-0.1, -0.05) is 0 Å². The van der Waals surface area contributed by atoms with Crippen molar-refractivity contribution >= 4 is 33.3 Å². The molecule has 0 aliphatic carbocycles. The van der Waals surface area contributed by atoms with E-state index in [4.69, 9.17) is 24.1 Å². The molecular weight excluding hydrogens is 561 g/mol. The minimum atomic E-state index is -5.08. The molecule has 2 aromatic carbocycles. The van der Waals surface area contributed by atoms with Crippen LogP contribution in [0.5, 0.6) is 11.5 Å². The molecule has 0 atom stereocenters. The number of benzene rings is 2. The van der Waals surface area contributed by atoms with Crippen molar-refractivity contribution in [1.29, 1.82) is 0 Å². The third kappa shape index (κ3) is 9.17. The molecule has 0 bridgehead atoms. The van der Waals surface area contributed by atoms with Gasteiger partial charge in [0.15, 0.2) is 0 Å². The van der Waals surface area contributed by atoms with Gasteiger partial charge in [0.2, 0.25) is 0 Å². The number of rotatable bonds is 10. The van der Waals surface area contributed by atoms with Crippen molar-refractivity contribution in [1.82, 2.24) is 10.6 Å². The average molecular weight is 593 g/mol. The van der Waals surface area contributed by atoms with Crippen LogP contribution in [0.1, 0.15) is 10.4 Å². The minimum Gasteiger partial charge on any atom is -0.497 e. The second-order valence-corrected chi connectivity index (χ2v) is 9.79. The monoisotopic (exact) mass is 592 g/mol. The van der Waals surface area contributed by atoms with Crippen LogP contribution < -0.4 is 29.7 Å². The Kier molecular flexibility index (Phi) is 11.8. The van der Waals surface area contributed by atoms with Crippen LogP contribution in [0.3, 0.4) is 0 Å². The Bertz CT molecular complexity index is 1270. The lowest BCUT2D eigenvalue weighted by Gasteiger charge is -2.31. The maximum atomic E-state index is 13.1. The lowest BCUT2D eigenvalue weighted by molar-refractivity contribution is -0.192. The number of nitrogens with one attached hydrogen (secondary N) is 3. The molecule has 222 valence electrons. The molecule has 0 unspecified atom stereocenters. The summed E-state index contributed by atoms with van der Waals surface area (Å²) in [7, 11) is 0.384. The summed E-state index contributed by atoms with van der Waals surface area (Å²) < 4.78 is 76.0. The Hall–Kier alpha value is -3.76. The molecule has 1 saturated heterocycles. The second-order valence-electron chi connectivity index (χ2n) is 8.14. The summed E-state index contributed by atoms with van der Waals surface area (Å²) >= 11 is 0. The molecule has 0 spiro atoms. The number of aliphatic carboxylic acids is 1. The maximum absolute atomic E-state index is 13.1. The van der Waals surface area contributed by atoms with Crippen LogP contribution in [0.2, 0.25) is 0 Å². The molecule has 1 aliphatic rings. The number of halogens is 3. The molecule has 3 rings (SSSR count). The van der Waals surface area contributed by atoms with E-state index in [0.717, 1.165) is 31.9 Å². The molecule has 12 nitrogen and oxygen atoms in total. The molecule has 0 radical (unpaired) electrons. The van der Waals surface area contributed by atoms with Gasteiger partial charge in [0.1, 0.15) is 16.4 Å². The van der Waals surface area contributed by atoms with Crippen LogP contribution >= 0.6 is 0 Å².